The van der Waals surface area contributed by atoms with Crippen LogP contribution in [0.5, 0.6) is 17.2 Å². The molecule has 5 nitrogen and oxygen atoms in total. The average molecular weight is 356 g/mol. The van der Waals surface area contributed by atoms with Crippen molar-refractivity contribution in [3.8, 4) is 17.2 Å². The molecule has 2 aromatic carbocycles. The highest BCUT2D eigenvalue weighted by atomic mass is 16.5. The van der Waals surface area contributed by atoms with Crippen LogP contribution in [0.3, 0.4) is 0 Å². The fraction of sp³-hybridized carbons (Fsp3) is 0.381. The number of rotatable bonds is 9. The first-order valence-corrected chi connectivity index (χ1v) is 8.80. The first kappa shape index (κ1) is 19.6. The molecule has 0 unspecified atom stereocenters. The largest absolute Gasteiger partial charge is 0.493 e. The number of benzene rings is 2. The van der Waals surface area contributed by atoms with Crippen LogP contribution in [0.15, 0.2) is 41.4 Å². The van der Waals surface area contributed by atoms with Crippen molar-refractivity contribution >= 4 is 11.9 Å². The zero-order valence-electron chi connectivity index (χ0n) is 16.3. The van der Waals surface area contributed by atoms with E-state index in [1.165, 1.54) is 5.69 Å². The van der Waals surface area contributed by atoms with Gasteiger partial charge in [-0.05, 0) is 49.2 Å². The van der Waals surface area contributed by atoms with E-state index in [-0.39, 0.29) is 0 Å². The number of ether oxygens (including phenoxy) is 3. The summed E-state index contributed by atoms with van der Waals surface area (Å²) in [6.07, 6.45) is 1.88. The molecule has 0 amide bonds. The van der Waals surface area contributed by atoms with Crippen molar-refractivity contribution < 1.29 is 14.2 Å². The van der Waals surface area contributed by atoms with Gasteiger partial charge in [0.2, 0.25) is 5.75 Å². The molecule has 0 atom stereocenters. The second-order valence-electron chi connectivity index (χ2n) is 5.77. The minimum absolute atomic E-state index is 0.536. The van der Waals surface area contributed by atoms with E-state index < -0.39 is 0 Å². The van der Waals surface area contributed by atoms with Gasteiger partial charge in [-0.1, -0.05) is 12.1 Å². The maximum absolute atomic E-state index is 5.38. The highest BCUT2D eigenvalue weighted by Gasteiger charge is 2.12. The lowest BCUT2D eigenvalue weighted by molar-refractivity contribution is 0.324. The molecule has 0 heterocycles. The summed E-state index contributed by atoms with van der Waals surface area (Å²) in [7, 11) is 4.82. The van der Waals surface area contributed by atoms with Crippen LogP contribution in [0.4, 0.5) is 5.69 Å². The Kier molecular flexibility index (Phi) is 7.33. The molecule has 0 saturated heterocycles. The fourth-order valence-electron chi connectivity index (χ4n) is 2.84. The molecule has 140 valence electrons. The third-order valence-corrected chi connectivity index (χ3v) is 4.26. The number of hydrogen-bond donors (Lipinski definition) is 0. The van der Waals surface area contributed by atoms with Gasteiger partial charge in [0, 0.05) is 25.0 Å². The van der Waals surface area contributed by atoms with E-state index >= 15 is 0 Å². The third-order valence-electron chi connectivity index (χ3n) is 4.26. The summed E-state index contributed by atoms with van der Waals surface area (Å²) in [6, 6.07) is 12.3. The van der Waals surface area contributed by atoms with Crippen molar-refractivity contribution in [2.24, 2.45) is 4.99 Å². The van der Waals surface area contributed by atoms with Gasteiger partial charge in [0.05, 0.1) is 27.9 Å². The Hall–Kier alpha value is -2.69. The van der Waals surface area contributed by atoms with Crippen LogP contribution in [-0.4, -0.2) is 40.6 Å². The highest BCUT2D eigenvalue weighted by molar-refractivity contribution is 5.80. The second-order valence-corrected chi connectivity index (χ2v) is 5.77. The van der Waals surface area contributed by atoms with Crippen LogP contribution < -0.4 is 19.1 Å². The van der Waals surface area contributed by atoms with Gasteiger partial charge in [0.15, 0.2) is 11.5 Å². The minimum atomic E-state index is 0.536. The van der Waals surface area contributed by atoms with Crippen LogP contribution in [-0.2, 0) is 6.54 Å². The Morgan fingerprint density at radius 2 is 1.46 bits per heavy atom. The molecule has 2 aromatic rings. The maximum atomic E-state index is 5.38. The molecule has 0 fully saturated rings. The first-order chi connectivity index (χ1) is 12.7. The van der Waals surface area contributed by atoms with Crippen molar-refractivity contribution in [2.45, 2.75) is 20.4 Å². The van der Waals surface area contributed by atoms with E-state index in [4.69, 9.17) is 14.2 Å². The Bertz CT molecular complexity index is 698. The van der Waals surface area contributed by atoms with Crippen LogP contribution in [0.1, 0.15) is 25.0 Å². The topological polar surface area (TPSA) is 43.3 Å². The normalized spacial score (nSPS) is 10.8. The van der Waals surface area contributed by atoms with Gasteiger partial charge in [-0.15, -0.1) is 0 Å². The van der Waals surface area contributed by atoms with E-state index in [1.54, 1.807) is 21.3 Å². The zero-order valence-corrected chi connectivity index (χ0v) is 16.3. The van der Waals surface area contributed by atoms with Crippen LogP contribution in [0.2, 0.25) is 0 Å². The van der Waals surface area contributed by atoms with Crippen molar-refractivity contribution in [3.63, 3.8) is 0 Å². The van der Waals surface area contributed by atoms with Gasteiger partial charge in [-0.25, -0.2) is 0 Å². The van der Waals surface area contributed by atoms with E-state index in [9.17, 15) is 0 Å². The summed E-state index contributed by atoms with van der Waals surface area (Å²) >= 11 is 0. The SMILES string of the molecule is CCN(CC)c1ccc(/C=N/Cc2cc(OC)c(OC)c(OC)c2)cc1. The predicted molar refractivity (Wildman–Crippen MR) is 107 cm³/mol. The van der Waals surface area contributed by atoms with Crippen LogP contribution in [0.25, 0.3) is 0 Å². The van der Waals surface area contributed by atoms with E-state index in [1.807, 2.05) is 18.3 Å². The number of aliphatic imine (C=N–C) groups is 1. The van der Waals surface area contributed by atoms with Crippen LogP contribution >= 0.6 is 0 Å². The lowest BCUT2D eigenvalue weighted by atomic mass is 10.1. The smallest absolute Gasteiger partial charge is 0.203 e. The third kappa shape index (κ3) is 4.69. The van der Waals surface area contributed by atoms with Crippen molar-refractivity contribution in [1.82, 2.24) is 0 Å². The lowest BCUT2D eigenvalue weighted by Gasteiger charge is -2.20. The highest BCUT2D eigenvalue weighted by Crippen LogP contribution is 2.38. The van der Waals surface area contributed by atoms with Gasteiger partial charge in [0.25, 0.3) is 0 Å². The molecule has 2 rings (SSSR count). The maximum Gasteiger partial charge on any atom is 0.203 e. The summed E-state index contributed by atoms with van der Waals surface area (Å²) in [4.78, 5) is 6.86. The molecule has 0 aromatic heterocycles. The number of methoxy groups -OCH3 is 3. The van der Waals surface area contributed by atoms with Gasteiger partial charge < -0.3 is 19.1 Å². The fourth-order valence-corrected chi connectivity index (χ4v) is 2.84. The van der Waals surface area contributed by atoms with E-state index in [0.717, 1.165) is 24.2 Å². The summed E-state index contributed by atoms with van der Waals surface area (Å²) in [5.41, 5.74) is 3.31. The molecule has 0 aliphatic carbocycles. The Labute approximate surface area is 156 Å². The molecule has 0 aliphatic heterocycles. The van der Waals surface area contributed by atoms with E-state index in [2.05, 4.69) is 48.0 Å². The first-order valence-electron chi connectivity index (χ1n) is 8.80. The molecule has 26 heavy (non-hydrogen) atoms. The average Bonchev–Trinajstić information content (AvgIpc) is 2.69. The minimum Gasteiger partial charge on any atom is -0.493 e. The van der Waals surface area contributed by atoms with Crippen molar-refractivity contribution in [2.75, 3.05) is 39.3 Å². The number of anilines is 1. The molecular weight excluding hydrogens is 328 g/mol. The predicted octanol–water partition coefficient (Wildman–Crippen LogP) is 4.18. The summed E-state index contributed by atoms with van der Waals surface area (Å²) in [5, 5.41) is 0. The van der Waals surface area contributed by atoms with Gasteiger partial charge >= 0.3 is 0 Å². The monoisotopic (exact) mass is 356 g/mol. The second kappa shape index (κ2) is 9.70. The van der Waals surface area contributed by atoms with Gasteiger partial charge in [-0.2, -0.15) is 0 Å². The lowest BCUT2D eigenvalue weighted by Crippen LogP contribution is -2.21. The summed E-state index contributed by atoms with van der Waals surface area (Å²) in [5.74, 6) is 1.87. The molecule has 0 aliphatic rings. The quantitative estimate of drug-likeness (QED) is 0.632. The van der Waals surface area contributed by atoms with Crippen molar-refractivity contribution in [3.05, 3.63) is 47.5 Å². The zero-order chi connectivity index (χ0) is 18.9. The Morgan fingerprint density at radius 1 is 0.885 bits per heavy atom. The molecule has 5 heteroatoms. The Morgan fingerprint density at radius 3 is 1.92 bits per heavy atom. The summed E-state index contributed by atoms with van der Waals surface area (Å²) < 4.78 is 16.1. The van der Waals surface area contributed by atoms with Gasteiger partial charge in [-0.3, -0.25) is 4.99 Å². The number of hydrogen-bond acceptors (Lipinski definition) is 5. The molecule has 0 radical (unpaired) electrons. The molecule has 0 bridgehead atoms. The van der Waals surface area contributed by atoms with Crippen LogP contribution in [0, 0.1) is 0 Å². The van der Waals surface area contributed by atoms with Crippen molar-refractivity contribution in [1.29, 1.82) is 0 Å². The number of nitrogens with zero attached hydrogens (tertiary/aromatic N) is 2. The molecule has 0 saturated carbocycles. The van der Waals surface area contributed by atoms with E-state index in [0.29, 0.717) is 23.8 Å². The molecule has 0 spiro atoms. The standard InChI is InChI=1S/C21H28N2O3/c1-6-23(7-2)18-10-8-16(9-11-18)14-22-15-17-12-19(24-3)21(26-5)20(13-17)25-4/h8-14H,6-7,15H2,1-5H3/b22-14+. The Balaban J connectivity index is 2.10. The summed E-state index contributed by atoms with van der Waals surface area (Å²) in [6.45, 7) is 6.87. The molecule has 0 N–H and O–H groups in total. The van der Waals surface area contributed by atoms with Gasteiger partial charge in [0.1, 0.15) is 0 Å². The molecular formula is C21H28N2O3.